The first-order valence-electron chi connectivity index (χ1n) is 6.25. The number of nitrogens with one attached hydrogen (secondary N) is 1. The number of carbonyl (C=O) groups excluding carboxylic acids is 2. The van der Waals surface area contributed by atoms with Crippen LogP contribution in [0.2, 0.25) is 18.1 Å². The molecule has 0 aromatic carbocycles. The molecule has 0 fully saturated rings. The Kier molecular flexibility index (Phi) is 6.02. The van der Waals surface area contributed by atoms with E-state index in [9.17, 15) is 9.59 Å². The summed E-state index contributed by atoms with van der Waals surface area (Å²) in [6.07, 6.45) is 0.702. The number of carbonyl (C=O) groups is 2. The topological polar surface area (TPSA) is 81.4 Å². The van der Waals surface area contributed by atoms with Gasteiger partial charge in [0.1, 0.15) is 0 Å². The molecule has 18 heavy (non-hydrogen) atoms. The van der Waals surface area contributed by atoms with Gasteiger partial charge in [0.25, 0.3) is 0 Å². The van der Waals surface area contributed by atoms with E-state index in [1.165, 1.54) is 0 Å². The zero-order valence-corrected chi connectivity index (χ0v) is 13.3. The van der Waals surface area contributed by atoms with Gasteiger partial charge in [-0.1, -0.05) is 27.7 Å². The van der Waals surface area contributed by atoms with E-state index in [-0.39, 0.29) is 11.1 Å². The molecule has 0 aromatic heterocycles. The second-order valence-corrected chi connectivity index (χ2v) is 10.8. The first-order valence-corrected chi connectivity index (χ1v) is 9.16. The lowest BCUT2D eigenvalue weighted by atomic mass is 10.2. The molecule has 0 aromatic rings. The summed E-state index contributed by atoms with van der Waals surface area (Å²) in [5.74, 6) is -1.71. The third-order valence-electron chi connectivity index (χ3n) is 3.50. The van der Waals surface area contributed by atoms with Crippen molar-refractivity contribution in [3.8, 4) is 0 Å². The lowest BCUT2D eigenvalue weighted by Crippen LogP contribution is -2.48. The summed E-state index contributed by atoms with van der Waals surface area (Å²) in [7, 11) is -1.83. The van der Waals surface area contributed by atoms with Crippen molar-refractivity contribution >= 4 is 20.1 Å². The number of nitrogens with two attached hydrogens (primary N) is 1. The molecule has 0 saturated heterocycles. The van der Waals surface area contributed by atoms with Crippen LogP contribution in [0, 0.1) is 0 Å². The van der Waals surface area contributed by atoms with Crippen molar-refractivity contribution in [1.29, 1.82) is 0 Å². The Morgan fingerprint density at radius 1 is 1.33 bits per heavy atom. The van der Waals surface area contributed by atoms with Crippen LogP contribution in [0.1, 0.15) is 34.1 Å². The number of hydrogen-bond acceptors (Lipinski definition) is 3. The fourth-order valence-corrected chi connectivity index (χ4v) is 2.09. The van der Waals surface area contributed by atoms with Crippen LogP contribution in [0.15, 0.2) is 0 Å². The Hall–Kier alpha value is -0.883. The highest BCUT2D eigenvalue weighted by Crippen LogP contribution is 2.36. The van der Waals surface area contributed by atoms with Crippen LogP contribution in [0.25, 0.3) is 0 Å². The fourth-order valence-electron chi connectivity index (χ4n) is 1.04. The molecule has 106 valence electrons. The number of primary amides is 1. The van der Waals surface area contributed by atoms with Gasteiger partial charge in [0.2, 0.25) is 0 Å². The van der Waals surface area contributed by atoms with E-state index in [0.29, 0.717) is 13.0 Å². The van der Waals surface area contributed by atoms with Gasteiger partial charge < -0.3 is 15.5 Å². The molecule has 0 radical (unpaired) electrons. The van der Waals surface area contributed by atoms with Crippen LogP contribution in [0.4, 0.5) is 0 Å². The first kappa shape index (κ1) is 17.1. The molecule has 0 spiro atoms. The third kappa shape index (κ3) is 5.18. The van der Waals surface area contributed by atoms with Gasteiger partial charge in [-0.25, -0.2) is 0 Å². The molecule has 0 aliphatic heterocycles. The summed E-state index contributed by atoms with van der Waals surface area (Å²) in [4.78, 5) is 21.9. The average Bonchev–Trinajstić information content (AvgIpc) is 2.21. The first-order chi connectivity index (χ1) is 8.01. The lowest BCUT2D eigenvalue weighted by molar-refractivity contribution is -0.137. The van der Waals surface area contributed by atoms with E-state index in [2.05, 4.69) is 39.2 Å². The van der Waals surface area contributed by atoms with Crippen LogP contribution < -0.4 is 11.1 Å². The molecule has 1 atom stereocenters. The molecule has 6 heteroatoms. The number of amides is 2. The van der Waals surface area contributed by atoms with Gasteiger partial charge in [-0.05, 0) is 24.6 Å². The van der Waals surface area contributed by atoms with E-state index in [0.717, 1.165) is 0 Å². The standard InChI is InChI=1S/C12H26N2O3Si/c1-7-9(14-11(16)10(13)15)8-17-18(5,6)12(2,3)4/h9H,7-8H2,1-6H3,(H2,13,15)(H,14,16). The van der Waals surface area contributed by atoms with Gasteiger partial charge in [-0.15, -0.1) is 0 Å². The fraction of sp³-hybridized carbons (Fsp3) is 0.833. The minimum atomic E-state index is -1.83. The Bertz CT molecular complexity index is 311. The summed E-state index contributed by atoms with van der Waals surface area (Å²) in [5.41, 5.74) is 4.91. The van der Waals surface area contributed by atoms with Crippen molar-refractivity contribution < 1.29 is 14.0 Å². The molecule has 0 aliphatic rings. The van der Waals surface area contributed by atoms with Crippen molar-refractivity contribution in [3.05, 3.63) is 0 Å². The molecule has 0 saturated carbocycles. The van der Waals surface area contributed by atoms with Crippen LogP contribution in [-0.2, 0) is 14.0 Å². The molecule has 2 amide bonds. The molecular weight excluding hydrogens is 248 g/mol. The van der Waals surface area contributed by atoms with E-state index in [1.54, 1.807) is 0 Å². The van der Waals surface area contributed by atoms with Crippen molar-refractivity contribution in [3.63, 3.8) is 0 Å². The molecular formula is C12H26N2O3Si. The van der Waals surface area contributed by atoms with Gasteiger partial charge in [-0.2, -0.15) is 0 Å². The summed E-state index contributed by atoms with van der Waals surface area (Å²) in [6.45, 7) is 13.1. The van der Waals surface area contributed by atoms with Crippen LogP contribution >= 0.6 is 0 Å². The highest BCUT2D eigenvalue weighted by atomic mass is 28.4. The number of rotatable bonds is 5. The maximum Gasteiger partial charge on any atom is 0.309 e. The molecule has 0 aliphatic carbocycles. The van der Waals surface area contributed by atoms with Crippen LogP contribution in [0.5, 0.6) is 0 Å². The molecule has 0 rings (SSSR count). The molecule has 0 bridgehead atoms. The van der Waals surface area contributed by atoms with Crippen LogP contribution in [0.3, 0.4) is 0 Å². The number of hydrogen-bond donors (Lipinski definition) is 2. The monoisotopic (exact) mass is 274 g/mol. The second-order valence-electron chi connectivity index (χ2n) is 6.01. The largest absolute Gasteiger partial charge is 0.415 e. The summed E-state index contributed by atoms with van der Waals surface area (Å²) >= 11 is 0. The van der Waals surface area contributed by atoms with E-state index >= 15 is 0 Å². The zero-order chi connectivity index (χ0) is 14.6. The smallest absolute Gasteiger partial charge is 0.309 e. The SMILES string of the molecule is CCC(CO[Si](C)(C)C(C)(C)C)NC(=O)C(N)=O. The van der Waals surface area contributed by atoms with Crippen molar-refractivity contribution in [1.82, 2.24) is 5.32 Å². The Balaban J connectivity index is 4.41. The molecule has 0 heterocycles. The second kappa shape index (κ2) is 6.33. The molecule has 3 N–H and O–H groups in total. The van der Waals surface area contributed by atoms with Gasteiger partial charge in [0.15, 0.2) is 8.32 Å². The Morgan fingerprint density at radius 2 is 1.83 bits per heavy atom. The average molecular weight is 274 g/mol. The summed E-state index contributed by atoms with van der Waals surface area (Å²) in [5, 5.41) is 2.70. The Morgan fingerprint density at radius 3 is 2.17 bits per heavy atom. The summed E-state index contributed by atoms with van der Waals surface area (Å²) in [6, 6.07) is -0.167. The van der Waals surface area contributed by atoms with Gasteiger partial charge in [-0.3, -0.25) is 9.59 Å². The maximum absolute atomic E-state index is 11.2. The maximum atomic E-state index is 11.2. The predicted octanol–water partition coefficient (Wildman–Crippen LogP) is 1.39. The van der Waals surface area contributed by atoms with Crippen molar-refractivity contribution in [2.24, 2.45) is 5.73 Å². The minimum Gasteiger partial charge on any atom is -0.415 e. The van der Waals surface area contributed by atoms with Gasteiger partial charge in [0.05, 0.1) is 12.6 Å². The predicted molar refractivity (Wildman–Crippen MR) is 74.6 cm³/mol. The lowest BCUT2D eigenvalue weighted by Gasteiger charge is -2.37. The van der Waals surface area contributed by atoms with Gasteiger partial charge in [0, 0.05) is 0 Å². The van der Waals surface area contributed by atoms with Crippen molar-refractivity contribution in [2.75, 3.05) is 6.61 Å². The van der Waals surface area contributed by atoms with Crippen molar-refractivity contribution in [2.45, 2.75) is 58.3 Å². The van der Waals surface area contributed by atoms with E-state index in [4.69, 9.17) is 10.2 Å². The van der Waals surface area contributed by atoms with E-state index in [1.807, 2.05) is 6.92 Å². The van der Waals surface area contributed by atoms with E-state index < -0.39 is 20.1 Å². The highest BCUT2D eigenvalue weighted by molar-refractivity contribution is 6.74. The van der Waals surface area contributed by atoms with Gasteiger partial charge >= 0.3 is 11.8 Å². The minimum absolute atomic E-state index is 0.124. The molecule has 1 unspecified atom stereocenters. The quantitative estimate of drug-likeness (QED) is 0.587. The Labute approximate surface area is 111 Å². The summed E-state index contributed by atoms with van der Waals surface area (Å²) < 4.78 is 6.00. The van der Waals surface area contributed by atoms with Crippen LogP contribution in [-0.4, -0.2) is 32.8 Å². The highest BCUT2D eigenvalue weighted by Gasteiger charge is 2.37. The molecule has 5 nitrogen and oxygen atoms in total. The third-order valence-corrected chi connectivity index (χ3v) is 8.00. The normalized spacial score (nSPS) is 14.1. The zero-order valence-electron chi connectivity index (χ0n) is 12.3.